The molecule has 1 heterocycles. The second-order valence-corrected chi connectivity index (χ2v) is 5.56. The van der Waals surface area contributed by atoms with Gasteiger partial charge in [-0.05, 0) is 30.3 Å². The summed E-state index contributed by atoms with van der Waals surface area (Å²) >= 11 is 1.67. The number of rotatable bonds is 3. The summed E-state index contributed by atoms with van der Waals surface area (Å²) in [6, 6.07) is 16.0. The molecule has 1 aliphatic heterocycles. The Hall–Kier alpha value is -2.25. The van der Waals surface area contributed by atoms with Crippen LogP contribution in [0.4, 0.5) is 11.4 Å². The number of anilines is 2. The zero-order valence-electron chi connectivity index (χ0n) is 10.7. The molecule has 0 saturated carbocycles. The number of hydrogen-bond donors (Lipinski definition) is 0. The topological polar surface area (TPSA) is 44.1 Å². The third kappa shape index (κ3) is 2.17. The third-order valence-corrected chi connectivity index (χ3v) is 4.35. The Morgan fingerprint density at radius 2 is 1.95 bits per heavy atom. The van der Waals surface area contributed by atoms with E-state index in [1.807, 2.05) is 30.3 Å². The SMILES string of the molecule is N#CCCN1c2ccccc2Sc2cc(C=O)ccc21. The lowest BCUT2D eigenvalue weighted by molar-refractivity contribution is 0.112. The van der Waals surface area contributed by atoms with Crippen molar-refractivity contribution in [2.24, 2.45) is 0 Å². The van der Waals surface area contributed by atoms with Gasteiger partial charge < -0.3 is 4.90 Å². The van der Waals surface area contributed by atoms with Crippen LogP contribution in [0.2, 0.25) is 0 Å². The van der Waals surface area contributed by atoms with Gasteiger partial charge in [0, 0.05) is 21.9 Å². The average molecular weight is 280 g/mol. The van der Waals surface area contributed by atoms with E-state index in [2.05, 4.69) is 23.1 Å². The van der Waals surface area contributed by atoms with E-state index < -0.39 is 0 Å². The van der Waals surface area contributed by atoms with Gasteiger partial charge in [-0.2, -0.15) is 5.26 Å². The zero-order chi connectivity index (χ0) is 13.9. The molecule has 1 aliphatic rings. The van der Waals surface area contributed by atoms with Crippen molar-refractivity contribution in [3.8, 4) is 6.07 Å². The third-order valence-electron chi connectivity index (χ3n) is 3.23. The minimum Gasteiger partial charge on any atom is -0.339 e. The molecule has 0 atom stereocenters. The van der Waals surface area contributed by atoms with Crippen molar-refractivity contribution in [1.29, 1.82) is 5.26 Å². The van der Waals surface area contributed by atoms with Gasteiger partial charge in [-0.15, -0.1) is 0 Å². The van der Waals surface area contributed by atoms with Crippen molar-refractivity contribution in [2.45, 2.75) is 16.2 Å². The van der Waals surface area contributed by atoms with Crippen LogP contribution in [0.5, 0.6) is 0 Å². The van der Waals surface area contributed by atoms with E-state index in [0.29, 0.717) is 18.5 Å². The van der Waals surface area contributed by atoms with Crippen molar-refractivity contribution in [1.82, 2.24) is 0 Å². The zero-order valence-corrected chi connectivity index (χ0v) is 11.6. The van der Waals surface area contributed by atoms with Gasteiger partial charge in [-0.3, -0.25) is 4.79 Å². The molecular formula is C16H12N2OS. The summed E-state index contributed by atoms with van der Waals surface area (Å²) in [6.07, 6.45) is 1.33. The lowest BCUT2D eigenvalue weighted by Crippen LogP contribution is -2.21. The average Bonchev–Trinajstić information content (AvgIpc) is 2.50. The number of carbonyl (C=O) groups excluding carboxylic acids is 1. The van der Waals surface area contributed by atoms with Gasteiger partial charge in [0.2, 0.25) is 0 Å². The fourth-order valence-electron chi connectivity index (χ4n) is 2.33. The number of aldehydes is 1. The Kier molecular flexibility index (Phi) is 3.44. The summed E-state index contributed by atoms with van der Waals surface area (Å²) in [4.78, 5) is 15.3. The highest BCUT2D eigenvalue weighted by Crippen LogP contribution is 2.48. The van der Waals surface area contributed by atoms with Crippen LogP contribution in [-0.4, -0.2) is 12.8 Å². The number of carbonyl (C=O) groups is 1. The molecule has 2 aromatic carbocycles. The van der Waals surface area contributed by atoms with Crippen LogP contribution in [0.25, 0.3) is 0 Å². The van der Waals surface area contributed by atoms with Gasteiger partial charge in [0.15, 0.2) is 0 Å². The van der Waals surface area contributed by atoms with Crippen LogP contribution in [0.1, 0.15) is 16.8 Å². The number of nitriles is 1. The minimum absolute atomic E-state index is 0.466. The molecule has 0 amide bonds. The number of nitrogens with zero attached hydrogens (tertiary/aromatic N) is 2. The molecule has 0 spiro atoms. The highest BCUT2D eigenvalue weighted by atomic mass is 32.2. The molecule has 0 unspecified atom stereocenters. The van der Waals surface area contributed by atoms with Crippen LogP contribution in [0, 0.1) is 11.3 Å². The standard InChI is InChI=1S/C16H12N2OS/c17-8-3-9-18-13-4-1-2-5-15(13)20-16-10-12(11-19)6-7-14(16)18/h1-2,4-7,10-11H,3,9H2. The highest BCUT2D eigenvalue weighted by molar-refractivity contribution is 7.99. The normalized spacial score (nSPS) is 12.2. The lowest BCUT2D eigenvalue weighted by atomic mass is 10.1. The second kappa shape index (κ2) is 5.40. The van der Waals surface area contributed by atoms with Gasteiger partial charge in [0.05, 0.1) is 23.9 Å². The maximum Gasteiger partial charge on any atom is 0.150 e. The molecule has 0 N–H and O–H groups in total. The van der Waals surface area contributed by atoms with E-state index in [0.717, 1.165) is 27.5 Å². The molecule has 20 heavy (non-hydrogen) atoms. The lowest BCUT2D eigenvalue weighted by Gasteiger charge is -2.32. The van der Waals surface area contributed by atoms with Gasteiger partial charge in [-0.25, -0.2) is 0 Å². The maximum absolute atomic E-state index is 10.9. The number of benzene rings is 2. The molecule has 0 bridgehead atoms. The minimum atomic E-state index is 0.466. The molecule has 0 saturated heterocycles. The molecule has 3 rings (SSSR count). The predicted octanol–water partition coefficient (Wildman–Crippen LogP) is 4.02. The maximum atomic E-state index is 10.9. The van der Waals surface area contributed by atoms with E-state index in [9.17, 15) is 4.79 Å². The molecule has 0 aromatic heterocycles. The molecule has 98 valence electrons. The van der Waals surface area contributed by atoms with E-state index in [1.165, 1.54) is 0 Å². The predicted molar refractivity (Wildman–Crippen MR) is 79.6 cm³/mol. The summed E-state index contributed by atoms with van der Waals surface area (Å²) < 4.78 is 0. The van der Waals surface area contributed by atoms with Crippen molar-refractivity contribution >= 4 is 29.4 Å². The molecule has 2 aromatic rings. The van der Waals surface area contributed by atoms with E-state index in [4.69, 9.17) is 5.26 Å². The first-order valence-electron chi connectivity index (χ1n) is 6.34. The fraction of sp³-hybridized carbons (Fsp3) is 0.125. The Morgan fingerprint density at radius 1 is 1.15 bits per heavy atom. The first kappa shape index (κ1) is 12.8. The molecule has 0 aliphatic carbocycles. The van der Waals surface area contributed by atoms with E-state index >= 15 is 0 Å². The van der Waals surface area contributed by atoms with Gasteiger partial charge in [-0.1, -0.05) is 23.9 Å². The number of para-hydroxylation sites is 1. The van der Waals surface area contributed by atoms with Crippen molar-refractivity contribution in [3.63, 3.8) is 0 Å². The Balaban J connectivity index is 2.10. The van der Waals surface area contributed by atoms with Crippen LogP contribution in [0.15, 0.2) is 52.3 Å². The molecule has 0 fully saturated rings. The summed E-state index contributed by atoms with van der Waals surface area (Å²) in [6.45, 7) is 0.654. The highest BCUT2D eigenvalue weighted by Gasteiger charge is 2.22. The van der Waals surface area contributed by atoms with Crippen LogP contribution >= 0.6 is 11.8 Å². The number of fused-ring (bicyclic) bond motifs is 2. The van der Waals surface area contributed by atoms with Crippen LogP contribution in [0.3, 0.4) is 0 Å². The smallest absolute Gasteiger partial charge is 0.150 e. The summed E-state index contributed by atoms with van der Waals surface area (Å²) in [7, 11) is 0. The van der Waals surface area contributed by atoms with Gasteiger partial charge in [0.25, 0.3) is 0 Å². The van der Waals surface area contributed by atoms with E-state index in [-0.39, 0.29) is 0 Å². The van der Waals surface area contributed by atoms with Crippen molar-refractivity contribution < 1.29 is 4.79 Å². The summed E-state index contributed by atoms with van der Waals surface area (Å²) in [5.41, 5.74) is 2.87. The molecule has 3 nitrogen and oxygen atoms in total. The van der Waals surface area contributed by atoms with Crippen LogP contribution in [-0.2, 0) is 0 Å². The van der Waals surface area contributed by atoms with E-state index in [1.54, 1.807) is 11.8 Å². The molecule has 0 radical (unpaired) electrons. The van der Waals surface area contributed by atoms with Crippen molar-refractivity contribution in [3.05, 3.63) is 48.0 Å². The first-order chi connectivity index (χ1) is 9.83. The second-order valence-electron chi connectivity index (χ2n) is 4.47. The Morgan fingerprint density at radius 3 is 2.75 bits per heavy atom. The largest absolute Gasteiger partial charge is 0.339 e. The van der Waals surface area contributed by atoms with Gasteiger partial charge >= 0.3 is 0 Å². The van der Waals surface area contributed by atoms with Crippen molar-refractivity contribution in [2.75, 3.05) is 11.4 Å². The molecular weight excluding hydrogens is 268 g/mol. The quantitative estimate of drug-likeness (QED) is 0.797. The monoisotopic (exact) mass is 280 g/mol. The van der Waals surface area contributed by atoms with Gasteiger partial charge in [0.1, 0.15) is 6.29 Å². The molecule has 4 heteroatoms. The number of hydrogen-bond acceptors (Lipinski definition) is 4. The fourth-order valence-corrected chi connectivity index (χ4v) is 3.47. The Labute approximate surface area is 121 Å². The van der Waals surface area contributed by atoms with Crippen LogP contribution < -0.4 is 4.90 Å². The summed E-state index contributed by atoms with van der Waals surface area (Å²) in [5, 5.41) is 8.85. The first-order valence-corrected chi connectivity index (χ1v) is 7.16. The Bertz CT molecular complexity index is 706. The summed E-state index contributed by atoms with van der Waals surface area (Å²) in [5.74, 6) is 0.